The molecule has 0 aliphatic heterocycles. The van der Waals surface area contributed by atoms with Gasteiger partial charge in [0.25, 0.3) is 0 Å². The molecule has 1 N–H and O–H groups in total. The second-order valence-corrected chi connectivity index (χ2v) is 7.13. The lowest BCUT2D eigenvalue weighted by molar-refractivity contribution is 0.390. The number of thioether (sulfide) groups is 1. The molecular weight excluding hydrogens is 270 g/mol. The third-order valence-electron chi connectivity index (χ3n) is 3.07. The first-order valence-corrected chi connectivity index (χ1v) is 8.52. The Kier molecular flexibility index (Phi) is 7.45. The zero-order valence-corrected chi connectivity index (χ0v) is 14.5. The first-order valence-electron chi connectivity index (χ1n) is 7.47. The number of methoxy groups -OCH3 is 1. The molecule has 0 aliphatic carbocycles. The fourth-order valence-electron chi connectivity index (χ4n) is 2.10. The standard InChI is InChI=1S/C15H29N3OS/c1-7-8-16-13(10-20-12(4)5)15-14(19-6)9-17-18(15)11(2)3/h9,11-13,16H,7-8,10H2,1-6H3. The SMILES string of the molecule is CCCNC(CSC(C)C)c1c(OC)cnn1C(C)C. The molecule has 0 aromatic carbocycles. The number of rotatable bonds is 9. The third kappa shape index (κ3) is 4.70. The van der Waals surface area contributed by atoms with Gasteiger partial charge in [0.2, 0.25) is 0 Å². The summed E-state index contributed by atoms with van der Waals surface area (Å²) in [7, 11) is 1.72. The van der Waals surface area contributed by atoms with Crippen LogP contribution in [0.2, 0.25) is 0 Å². The van der Waals surface area contributed by atoms with Gasteiger partial charge in [0.15, 0.2) is 5.75 Å². The molecule has 1 heterocycles. The van der Waals surface area contributed by atoms with E-state index in [9.17, 15) is 0 Å². The van der Waals surface area contributed by atoms with E-state index < -0.39 is 0 Å². The van der Waals surface area contributed by atoms with E-state index >= 15 is 0 Å². The maximum absolute atomic E-state index is 5.51. The Morgan fingerprint density at radius 1 is 1.35 bits per heavy atom. The quantitative estimate of drug-likeness (QED) is 0.755. The Bertz CT molecular complexity index is 390. The van der Waals surface area contributed by atoms with Crippen molar-refractivity contribution in [1.29, 1.82) is 0 Å². The molecule has 116 valence electrons. The van der Waals surface area contributed by atoms with Crippen molar-refractivity contribution in [2.75, 3.05) is 19.4 Å². The van der Waals surface area contributed by atoms with Crippen LogP contribution >= 0.6 is 11.8 Å². The zero-order chi connectivity index (χ0) is 15.1. The highest BCUT2D eigenvalue weighted by molar-refractivity contribution is 7.99. The minimum atomic E-state index is 0.280. The summed E-state index contributed by atoms with van der Waals surface area (Å²) in [4.78, 5) is 0. The second kappa shape index (κ2) is 8.57. The first-order chi connectivity index (χ1) is 9.51. The van der Waals surface area contributed by atoms with E-state index in [1.165, 1.54) is 5.69 Å². The van der Waals surface area contributed by atoms with Crippen LogP contribution in [0.25, 0.3) is 0 Å². The van der Waals surface area contributed by atoms with Gasteiger partial charge in [0.1, 0.15) is 0 Å². The highest BCUT2D eigenvalue weighted by Gasteiger charge is 2.23. The molecule has 0 bridgehead atoms. The average molecular weight is 299 g/mol. The van der Waals surface area contributed by atoms with E-state index in [1.807, 2.05) is 18.0 Å². The lowest BCUT2D eigenvalue weighted by Gasteiger charge is -2.23. The highest BCUT2D eigenvalue weighted by Crippen LogP contribution is 2.30. The fourth-order valence-corrected chi connectivity index (χ4v) is 2.95. The predicted octanol–water partition coefficient (Wildman–Crippen LogP) is 3.65. The van der Waals surface area contributed by atoms with Crippen molar-refractivity contribution in [1.82, 2.24) is 15.1 Å². The van der Waals surface area contributed by atoms with Gasteiger partial charge < -0.3 is 10.1 Å². The van der Waals surface area contributed by atoms with Crippen LogP contribution < -0.4 is 10.1 Å². The monoisotopic (exact) mass is 299 g/mol. The number of nitrogens with one attached hydrogen (secondary N) is 1. The number of hydrogen-bond donors (Lipinski definition) is 1. The molecule has 5 heteroatoms. The predicted molar refractivity (Wildman–Crippen MR) is 87.8 cm³/mol. The molecule has 1 atom stereocenters. The molecular formula is C15H29N3OS. The summed E-state index contributed by atoms with van der Waals surface area (Å²) >= 11 is 1.97. The van der Waals surface area contributed by atoms with Gasteiger partial charge in [-0.3, -0.25) is 4.68 Å². The molecule has 0 spiro atoms. The molecule has 20 heavy (non-hydrogen) atoms. The van der Waals surface area contributed by atoms with Crippen LogP contribution in [-0.2, 0) is 0 Å². The molecule has 0 fully saturated rings. The lowest BCUT2D eigenvalue weighted by atomic mass is 10.2. The number of nitrogens with zero attached hydrogens (tertiary/aromatic N) is 2. The minimum Gasteiger partial charge on any atom is -0.493 e. The zero-order valence-electron chi connectivity index (χ0n) is 13.6. The van der Waals surface area contributed by atoms with Crippen LogP contribution in [0.3, 0.4) is 0 Å². The van der Waals surface area contributed by atoms with E-state index in [1.54, 1.807) is 7.11 Å². The fraction of sp³-hybridized carbons (Fsp3) is 0.800. The first kappa shape index (κ1) is 17.4. The summed E-state index contributed by atoms with van der Waals surface area (Å²) < 4.78 is 7.59. The van der Waals surface area contributed by atoms with Crippen molar-refractivity contribution in [3.05, 3.63) is 11.9 Å². The van der Waals surface area contributed by atoms with Gasteiger partial charge in [-0.05, 0) is 32.1 Å². The van der Waals surface area contributed by atoms with Crippen molar-refractivity contribution < 1.29 is 4.74 Å². The van der Waals surface area contributed by atoms with E-state index in [2.05, 4.69) is 49.7 Å². The van der Waals surface area contributed by atoms with E-state index in [0.717, 1.165) is 24.5 Å². The average Bonchev–Trinajstić information content (AvgIpc) is 2.82. The van der Waals surface area contributed by atoms with Crippen molar-refractivity contribution >= 4 is 11.8 Å². The topological polar surface area (TPSA) is 39.1 Å². The Labute approximate surface area is 127 Å². The van der Waals surface area contributed by atoms with Crippen molar-refractivity contribution in [3.63, 3.8) is 0 Å². The smallest absolute Gasteiger partial charge is 0.161 e. The van der Waals surface area contributed by atoms with Crippen LogP contribution in [-0.4, -0.2) is 34.4 Å². The molecule has 1 aromatic rings. The summed E-state index contributed by atoms with van der Waals surface area (Å²) in [6.45, 7) is 12.0. The summed E-state index contributed by atoms with van der Waals surface area (Å²) in [6.07, 6.45) is 2.96. The Morgan fingerprint density at radius 3 is 2.55 bits per heavy atom. The normalized spacial score (nSPS) is 13.2. The van der Waals surface area contributed by atoms with E-state index in [4.69, 9.17) is 4.74 Å². The molecule has 0 aliphatic rings. The van der Waals surface area contributed by atoms with Gasteiger partial charge >= 0.3 is 0 Å². The van der Waals surface area contributed by atoms with Crippen LogP contribution in [0, 0.1) is 0 Å². The molecule has 1 aromatic heterocycles. The Balaban J connectivity index is 3.00. The van der Waals surface area contributed by atoms with Crippen LogP contribution in [0.1, 0.15) is 58.8 Å². The van der Waals surface area contributed by atoms with Gasteiger partial charge in [-0.15, -0.1) is 0 Å². The molecule has 1 unspecified atom stereocenters. The minimum absolute atomic E-state index is 0.280. The largest absolute Gasteiger partial charge is 0.493 e. The van der Waals surface area contributed by atoms with Gasteiger partial charge in [-0.2, -0.15) is 16.9 Å². The molecule has 0 amide bonds. The maximum Gasteiger partial charge on any atom is 0.161 e. The van der Waals surface area contributed by atoms with Gasteiger partial charge in [0, 0.05) is 11.8 Å². The van der Waals surface area contributed by atoms with Crippen LogP contribution in [0.5, 0.6) is 5.75 Å². The van der Waals surface area contributed by atoms with E-state index in [-0.39, 0.29) is 6.04 Å². The summed E-state index contributed by atoms with van der Waals surface area (Å²) in [5.41, 5.74) is 1.17. The summed E-state index contributed by atoms with van der Waals surface area (Å²) in [6, 6.07) is 0.617. The molecule has 0 saturated heterocycles. The molecule has 1 rings (SSSR count). The Hall–Kier alpha value is -0.680. The van der Waals surface area contributed by atoms with E-state index in [0.29, 0.717) is 11.3 Å². The molecule has 0 saturated carbocycles. The number of aromatic nitrogens is 2. The summed E-state index contributed by atoms with van der Waals surface area (Å²) in [5, 5.41) is 8.75. The molecule has 4 nitrogen and oxygen atoms in total. The van der Waals surface area contributed by atoms with Crippen molar-refractivity contribution in [2.45, 2.75) is 58.4 Å². The Morgan fingerprint density at radius 2 is 2.05 bits per heavy atom. The third-order valence-corrected chi connectivity index (χ3v) is 4.27. The van der Waals surface area contributed by atoms with Gasteiger partial charge in [-0.1, -0.05) is 20.8 Å². The van der Waals surface area contributed by atoms with Crippen molar-refractivity contribution in [2.24, 2.45) is 0 Å². The lowest BCUT2D eigenvalue weighted by Crippen LogP contribution is -2.28. The number of hydrogen-bond acceptors (Lipinski definition) is 4. The highest BCUT2D eigenvalue weighted by atomic mass is 32.2. The number of ether oxygens (including phenoxy) is 1. The maximum atomic E-state index is 5.51. The molecule has 0 radical (unpaired) electrons. The van der Waals surface area contributed by atoms with Gasteiger partial charge in [-0.25, -0.2) is 0 Å². The van der Waals surface area contributed by atoms with Crippen LogP contribution in [0.15, 0.2) is 6.20 Å². The summed E-state index contributed by atoms with van der Waals surface area (Å²) in [5.74, 6) is 1.92. The van der Waals surface area contributed by atoms with Crippen LogP contribution in [0.4, 0.5) is 0 Å². The van der Waals surface area contributed by atoms with Gasteiger partial charge in [0.05, 0.1) is 25.0 Å². The second-order valence-electron chi connectivity index (χ2n) is 5.53. The van der Waals surface area contributed by atoms with Crippen molar-refractivity contribution in [3.8, 4) is 5.75 Å².